The maximum absolute atomic E-state index is 11.7. The Kier molecular flexibility index (Phi) is 9.66. The maximum Gasteiger partial charge on any atom is 0.228 e. The van der Waals surface area contributed by atoms with E-state index in [9.17, 15) is 4.79 Å². The molecule has 0 rings (SSSR count). The Labute approximate surface area is 113 Å². The Morgan fingerprint density at radius 2 is 1.67 bits per heavy atom. The van der Waals surface area contributed by atoms with Gasteiger partial charge in [0.05, 0.1) is 19.6 Å². The molecule has 0 atom stereocenters. The Hall–Kier alpha value is -0.830. The van der Waals surface area contributed by atoms with Crippen molar-refractivity contribution in [2.45, 2.75) is 53.4 Å². The highest BCUT2D eigenvalue weighted by molar-refractivity contribution is 5.77. The van der Waals surface area contributed by atoms with Crippen LogP contribution in [0.15, 0.2) is 12.2 Å². The second-order valence-corrected chi connectivity index (χ2v) is 4.87. The minimum absolute atomic E-state index is 0.139. The molecule has 106 valence electrons. The van der Waals surface area contributed by atoms with Gasteiger partial charge in [0.2, 0.25) is 5.91 Å². The summed E-state index contributed by atoms with van der Waals surface area (Å²) in [7, 11) is 0. The van der Waals surface area contributed by atoms with E-state index in [1.165, 1.54) is 12.8 Å². The number of quaternary nitrogens is 1. The van der Waals surface area contributed by atoms with Crippen LogP contribution in [-0.2, 0) is 4.79 Å². The van der Waals surface area contributed by atoms with Gasteiger partial charge >= 0.3 is 0 Å². The van der Waals surface area contributed by atoms with Gasteiger partial charge in [0.1, 0.15) is 0 Å². The zero-order valence-corrected chi connectivity index (χ0v) is 12.7. The Bertz CT molecular complexity index is 237. The van der Waals surface area contributed by atoms with Crippen molar-refractivity contribution in [3.8, 4) is 0 Å². The van der Waals surface area contributed by atoms with Crippen molar-refractivity contribution in [2.75, 3.05) is 26.3 Å². The molecule has 0 saturated heterocycles. The first kappa shape index (κ1) is 17.2. The van der Waals surface area contributed by atoms with E-state index in [0.29, 0.717) is 6.42 Å². The average molecular weight is 255 g/mol. The summed E-state index contributed by atoms with van der Waals surface area (Å²) in [4.78, 5) is 11.7. The van der Waals surface area contributed by atoms with E-state index in [-0.39, 0.29) is 5.91 Å². The number of carbonyl (C=O) groups excluding carboxylic acids is 1. The van der Waals surface area contributed by atoms with E-state index in [1.807, 2.05) is 6.08 Å². The van der Waals surface area contributed by atoms with Gasteiger partial charge in [-0.25, -0.2) is 0 Å². The van der Waals surface area contributed by atoms with Crippen molar-refractivity contribution in [3.63, 3.8) is 0 Å². The molecule has 1 amide bonds. The van der Waals surface area contributed by atoms with Gasteiger partial charge in [-0.3, -0.25) is 4.79 Å². The summed E-state index contributed by atoms with van der Waals surface area (Å²) in [6, 6.07) is 0. The molecule has 0 aromatic carbocycles. The number of hydrogen-bond donors (Lipinski definition) is 1. The normalized spacial score (nSPS) is 12.0. The highest BCUT2D eigenvalue weighted by Gasteiger charge is 2.20. The molecule has 1 N–H and O–H groups in total. The molecule has 0 unspecified atom stereocenters. The molecule has 3 nitrogen and oxygen atoms in total. The third kappa shape index (κ3) is 6.80. The van der Waals surface area contributed by atoms with Crippen LogP contribution in [0.4, 0.5) is 0 Å². The molecule has 0 aromatic heterocycles. The van der Waals surface area contributed by atoms with E-state index in [0.717, 1.165) is 37.2 Å². The summed E-state index contributed by atoms with van der Waals surface area (Å²) in [6.45, 7) is 12.7. The molecular weight excluding hydrogens is 224 g/mol. The Morgan fingerprint density at radius 3 is 2.17 bits per heavy atom. The molecule has 0 fully saturated rings. The fourth-order valence-electron chi connectivity index (χ4n) is 1.96. The van der Waals surface area contributed by atoms with Crippen LogP contribution in [0.2, 0.25) is 0 Å². The molecule has 0 saturated carbocycles. The summed E-state index contributed by atoms with van der Waals surface area (Å²) in [5.74, 6) is 0.139. The minimum atomic E-state index is 0.139. The molecule has 18 heavy (non-hydrogen) atoms. The second-order valence-electron chi connectivity index (χ2n) is 4.87. The Balaban J connectivity index is 3.91. The summed E-state index contributed by atoms with van der Waals surface area (Å²) >= 11 is 0. The lowest BCUT2D eigenvalue weighted by molar-refractivity contribution is -0.924. The van der Waals surface area contributed by atoms with Gasteiger partial charge in [0.25, 0.3) is 0 Å². The first-order chi connectivity index (χ1) is 8.64. The standard InChI is InChI=1S/C15H30N2O/c1-5-9-10-11-12-13-15(18)16-14-17(6-2,7-3)8-4/h11-12H,5-10,13-14H2,1-4H3/p+1/b12-11+. The average Bonchev–Trinajstić information content (AvgIpc) is 2.41. The van der Waals surface area contributed by atoms with E-state index in [4.69, 9.17) is 0 Å². The molecule has 0 spiro atoms. The predicted molar refractivity (Wildman–Crippen MR) is 78.2 cm³/mol. The number of carbonyl (C=O) groups is 1. The summed E-state index contributed by atoms with van der Waals surface area (Å²) in [6.07, 6.45) is 8.12. The van der Waals surface area contributed by atoms with Gasteiger partial charge < -0.3 is 9.80 Å². The smallest absolute Gasteiger partial charge is 0.228 e. The van der Waals surface area contributed by atoms with Crippen molar-refractivity contribution in [1.29, 1.82) is 0 Å². The number of nitrogens with one attached hydrogen (secondary N) is 1. The van der Waals surface area contributed by atoms with Crippen LogP contribution in [0.5, 0.6) is 0 Å². The van der Waals surface area contributed by atoms with E-state index in [2.05, 4.69) is 39.1 Å². The maximum atomic E-state index is 11.7. The molecule has 0 aliphatic rings. The van der Waals surface area contributed by atoms with Gasteiger partial charge in [0.15, 0.2) is 6.67 Å². The lowest BCUT2D eigenvalue weighted by Gasteiger charge is -2.35. The zero-order valence-electron chi connectivity index (χ0n) is 12.7. The van der Waals surface area contributed by atoms with Crippen LogP contribution in [0.3, 0.4) is 0 Å². The summed E-state index contributed by atoms with van der Waals surface area (Å²) < 4.78 is 0.964. The van der Waals surface area contributed by atoms with Crippen LogP contribution < -0.4 is 5.32 Å². The van der Waals surface area contributed by atoms with Gasteiger partial charge in [-0.05, 0) is 27.2 Å². The monoisotopic (exact) mass is 255 g/mol. The van der Waals surface area contributed by atoms with Crippen molar-refractivity contribution in [2.24, 2.45) is 0 Å². The van der Waals surface area contributed by atoms with Crippen LogP contribution >= 0.6 is 0 Å². The van der Waals surface area contributed by atoms with E-state index in [1.54, 1.807) is 0 Å². The van der Waals surface area contributed by atoms with Crippen molar-refractivity contribution < 1.29 is 9.28 Å². The number of rotatable bonds is 10. The van der Waals surface area contributed by atoms with Crippen LogP contribution in [0, 0.1) is 0 Å². The number of hydrogen-bond acceptors (Lipinski definition) is 1. The lowest BCUT2D eigenvalue weighted by atomic mass is 10.2. The van der Waals surface area contributed by atoms with Gasteiger partial charge in [0, 0.05) is 6.42 Å². The highest BCUT2D eigenvalue weighted by Crippen LogP contribution is 2.03. The molecular formula is C15H31N2O+. The van der Waals surface area contributed by atoms with Crippen LogP contribution in [0.1, 0.15) is 53.4 Å². The largest absolute Gasteiger partial charge is 0.309 e. The second kappa shape index (κ2) is 10.1. The third-order valence-corrected chi connectivity index (χ3v) is 3.82. The molecule has 0 aliphatic carbocycles. The summed E-state index contributed by atoms with van der Waals surface area (Å²) in [5.41, 5.74) is 0. The predicted octanol–water partition coefficient (Wildman–Crippen LogP) is 3.07. The molecule has 0 radical (unpaired) electrons. The molecule has 0 heterocycles. The first-order valence-corrected chi connectivity index (χ1v) is 7.40. The van der Waals surface area contributed by atoms with Gasteiger partial charge in [-0.2, -0.15) is 0 Å². The molecule has 0 aromatic rings. The zero-order chi connectivity index (χ0) is 13.9. The van der Waals surface area contributed by atoms with Gasteiger partial charge in [-0.1, -0.05) is 31.9 Å². The quantitative estimate of drug-likeness (QED) is 0.276. The van der Waals surface area contributed by atoms with Crippen molar-refractivity contribution >= 4 is 5.91 Å². The molecule has 0 aliphatic heterocycles. The third-order valence-electron chi connectivity index (χ3n) is 3.82. The van der Waals surface area contributed by atoms with Crippen molar-refractivity contribution in [3.05, 3.63) is 12.2 Å². The number of nitrogens with zero attached hydrogens (tertiary/aromatic N) is 1. The van der Waals surface area contributed by atoms with Crippen LogP contribution in [-0.4, -0.2) is 36.7 Å². The Morgan fingerprint density at radius 1 is 1.06 bits per heavy atom. The summed E-state index contributed by atoms with van der Waals surface area (Å²) in [5, 5.41) is 3.05. The lowest BCUT2D eigenvalue weighted by Crippen LogP contribution is -2.53. The van der Waals surface area contributed by atoms with E-state index >= 15 is 0 Å². The van der Waals surface area contributed by atoms with E-state index < -0.39 is 0 Å². The topological polar surface area (TPSA) is 29.1 Å². The SMILES string of the molecule is CCCC/C=C/CC(=O)NC[N+](CC)(CC)CC. The van der Waals surface area contributed by atoms with Gasteiger partial charge in [-0.15, -0.1) is 0 Å². The number of amides is 1. The minimum Gasteiger partial charge on any atom is -0.309 e. The molecule has 3 heteroatoms. The fourth-order valence-corrected chi connectivity index (χ4v) is 1.96. The fraction of sp³-hybridized carbons (Fsp3) is 0.800. The number of allylic oxidation sites excluding steroid dienone is 1. The highest BCUT2D eigenvalue weighted by atomic mass is 16.1. The van der Waals surface area contributed by atoms with Crippen LogP contribution in [0.25, 0.3) is 0 Å². The first-order valence-electron chi connectivity index (χ1n) is 7.40. The molecule has 0 bridgehead atoms. The number of unbranched alkanes of at least 4 members (excludes halogenated alkanes) is 2. The van der Waals surface area contributed by atoms with Crippen molar-refractivity contribution in [1.82, 2.24) is 5.32 Å².